The van der Waals surface area contributed by atoms with Gasteiger partial charge in [-0.15, -0.1) is 0 Å². The van der Waals surface area contributed by atoms with Gasteiger partial charge in [-0.2, -0.15) is 0 Å². The predicted molar refractivity (Wildman–Crippen MR) is 110 cm³/mol. The molecule has 1 heterocycles. The average molecular weight is 365 g/mol. The Bertz CT molecular complexity index is 1010. The number of rotatable bonds is 5. The summed E-state index contributed by atoms with van der Waals surface area (Å²) in [4.78, 5) is 4.78. The summed E-state index contributed by atoms with van der Waals surface area (Å²) in [6.07, 6.45) is 6.32. The highest BCUT2D eigenvalue weighted by molar-refractivity contribution is 6.30. The first-order chi connectivity index (χ1) is 12.5. The van der Waals surface area contributed by atoms with Crippen LogP contribution in [0, 0.1) is 13.8 Å². The fourth-order valence-corrected chi connectivity index (χ4v) is 2.92. The van der Waals surface area contributed by atoms with Crippen LogP contribution in [0.4, 0.5) is 0 Å². The topological polar surface area (TPSA) is 38.0 Å². The summed E-state index contributed by atoms with van der Waals surface area (Å²) >= 11 is 6.00. The molecule has 0 bridgehead atoms. The monoisotopic (exact) mass is 364 g/mol. The van der Waals surface area contributed by atoms with Crippen molar-refractivity contribution in [2.24, 2.45) is 0 Å². The molecule has 0 atom stereocenters. The van der Waals surface area contributed by atoms with Crippen LogP contribution in [0.25, 0.3) is 17.1 Å². The van der Waals surface area contributed by atoms with Crippen molar-refractivity contribution in [1.82, 2.24) is 9.55 Å². The van der Waals surface area contributed by atoms with Gasteiger partial charge in [-0.05, 0) is 67.0 Å². The van der Waals surface area contributed by atoms with Crippen molar-refractivity contribution in [2.75, 3.05) is 0 Å². The van der Waals surface area contributed by atoms with Crippen molar-refractivity contribution in [2.45, 2.75) is 20.4 Å². The van der Waals surface area contributed by atoms with Gasteiger partial charge < -0.3 is 9.67 Å². The third-order valence-electron chi connectivity index (χ3n) is 4.46. The Hall–Kier alpha value is -2.78. The second-order valence-corrected chi connectivity index (χ2v) is 6.71. The Balaban J connectivity index is 2.12. The number of hydrogen-bond acceptors (Lipinski definition) is 2. The SMILES string of the molecule is C=CC(/C=C/c1nc2cc(C)c(C)cc2n1Cc1ccc(Cl)cc1)=C\O. The highest BCUT2D eigenvalue weighted by atomic mass is 35.5. The third kappa shape index (κ3) is 3.73. The molecule has 0 saturated carbocycles. The van der Waals surface area contributed by atoms with Crippen LogP contribution in [0.1, 0.15) is 22.5 Å². The Morgan fingerprint density at radius 3 is 2.54 bits per heavy atom. The van der Waals surface area contributed by atoms with Crippen LogP contribution in [0.5, 0.6) is 0 Å². The number of allylic oxidation sites excluding steroid dienone is 3. The lowest BCUT2D eigenvalue weighted by atomic mass is 10.1. The van der Waals surface area contributed by atoms with E-state index in [1.807, 2.05) is 30.3 Å². The van der Waals surface area contributed by atoms with Crippen molar-refractivity contribution in [3.63, 3.8) is 0 Å². The molecule has 0 unspecified atom stereocenters. The van der Waals surface area contributed by atoms with Crippen LogP contribution < -0.4 is 0 Å². The fourth-order valence-electron chi connectivity index (χ4n) is 2.80. The lowest BCUT2D eigenvalue weighted by Crippen LogP contribution is -2.02. The summed E-state index contributed by atoms with van der Waals surface area (Å²) in [6.45, 7) is 8.57. The van der Waals surface area contributed by atoms with Gasteiger partial charge in [0.05, 0.1) is 17.3 Å². The van der Waals surface area contributed by atoms with E-state index >= 15 is 0 Å². The number of imidazole rings is 1. The Morgan fingerprint density at radius 1 is 1.19 bits per heavy atom. The van der Waals surface area contributed by atoms with Crippen LogP contribution >= 0.6 is 11.6 Å². The number of aliphatic hydroxyl groups is 1. The molecule has 2 aromatic carbocycles. The van der Waals surface area contributed by atoms with E-state index in [9.17, 15) is 5.11 Å². The number of aliphatic hydroxyl groups excluding tert-OH is 1. The molecule has 0 spiro atoms. The molecule has 0 radical (unpaired) electrons. The van der Waals surface area contributed by atoms with Gasteiger partial charge in [0.1, 0.15) is 5.82 Å². The second-order valence-electron chi connectivity index (χ2n) is 6.27. The number of fused-ring (bicyclic) bond motifs is 1. The summed E-state index contributed by atoms with van der Waals surface area (Å²) in [5.74, 6) is 0.821. The molecule has 1 N–H and O–H groups in total. The maximum Gasteiger partial charge on any atom is 0.134 e. The van der Waals surface area contributed by atoms with Gasteiger partial charge in [0.2, 0.25) is 0 Å². The summed E-state index contributed by atoms with van der Waals surface area (Å²) in [5.41, 5.74) is 6.25. The molecule has 1 aromatic heterocycles. The summed E-state index contributed by atoms with van der Waals surface area (Å²) < 4.78 is 2.17. The molecular weight excluding hydrogens is 344 g/mol. The molecule has 0 aliphatic heterocycles. The van der Waals surface area contributed by atoms with Gasteiger partial charge >= 0.3 is 0 Å². The number of nitrogens with zero attached hydrogens (tertiary/aromatic N) is 2. The zero-order chi connectivity index (χ0) is 18.7. The minimum absolute atomic E-state index is 0.627. The molecule has 0 saturated heterocycles. The van der Waals surface area contributed by atoms with Crippen LogP contribution in [0.15, 0.2) is 67.0 Å². The standard InChI is InChI=1S/C22H21ClN2O/c1-4-17(14-26)7-10-22-24-20-11-15(2)16(3)12-21(20)25(22)13-18-5-8-19(23)9-6-18/h4-12,14,26H,1,13H2,2-3H3/b10-7+,17-14+. The van der Waals surface area contributed by atoms with Crippen molar-refractivity contribution in [1.29, 1.82) is 0 Å². The number of halogens is 1. The van der Waals surface area contributed by atoms with Gasteiger partial charge in [-0.25, -0.2) is 4.98 Å². The lowest BCUT2D eigenvalue weighted by Gasteiger charge is -2.09. The second kappa shape index (κ2) is 7.63. The smallest absolute Gasteiger partial charge is 0.134 e. The Labute approximate surface area is 158 Å². The number of aryl methyl sites for hydroxylation is 2. The maximum atomic E-state index is 9.22. The Morgan fingerprint density at radius 2 is 1.88 bits per heavy atom. The number of benzene rings is 2. The largest absolute Gasteiger partial charge is 0.515 e. The molecule has 26 heavy (non-hydrogen) atoms. The van der Waals surface area contributed by atoms with Crippen molar-refractivity contribution < 1.29 is 5.11 Å². The third-order valence-corrected chi connectivity index (χ3v) is 4.71. The molecule has 0 aliphatic rings. The fraction of sp³-hybridized carbons (Fsp3) is 0.136. The molecule has 0 aliphatic carbocycles. The minimum atomic E-state index is 0.627. The van der Waals surface area contributed by atoms with Crippen LogP contribution in [-0.2, 0) is 6.54 Å². The van der Waals surface area contributed by atoms with E-state index in [1.54, 1.807) is 12.2 Å². The molecule has 3 rings (SSSR count). The molecule has 3 nitrogen and oxygen atoms in total. The first-order valence-corrected chi connectivity index (χ1v) is 8.76. The average Bonchev–Trinajstić information content (AvgIpc) is 2.95. The van der Waals surface area contributed by atoms with Gasteiger partial charge in [0, 0.05) is 17.1 Å². The number of aromatic nitrogens is 2. The van der Waals surface area contributed by atoms with E-state index < -0.39 is 0 Å². The van der Waals surface area contributed by atoms with E-state index in [0.29, 0.717) is 12.1 Å². The molecule has 132 valence electrons. The molecule has 0 amide bonds. The number of hydrogen-bond donors (Lipinski definition) is 1. The van der Waals surface area contributed by atoms with Gasteiger partial charge in [-0.1, -0.05) is 36.4 Å². The summed E-state index contributed by atoms with van der Waals surface area (Å²) in [7, 11) is 0. The van der Waals surface area contributed by atoms with Crippen molar-refractivity contribution in [3.05, 3.63) is 94.5 Å². The van der Waals surface area contributed by atoms with Crippen LogP contribution in [0.2, 0.25) is 5.02 Å². The highest BCUT2D eigenvalue weighted by Crippen LogP contribution is 2.23. The van der Waals surface area contributed by atoms with E-state index in [1.165, 1.54) is 11.1 Å². The van der Waals surface area contributed by atoms with Gasteiger partial charge in [0.25, 0.3) is 0 Å². The van der Waals surface area contributed by atoms with Crippen LogP contribution in [0.3, 0.4) is 0 Å². The molecule has 0 fully saturated rings. The van der Waals surface area contributed by atoms with Crippen LogP contribution in [-0.4, -0.2) is 14.7 Å². The van der Waals surface area contributed by atoms with E-state index in [-0.39, 0.29) is 0 Å². The van der Waals surface area contributed by atoms with E-state index in [0.717, 1.165) is 33.7 Å². The normalized spacial score (nSPS) is 12.2. The molecule has 4 heteroatoms. The van der Waals surface area contributed by atoms with E-state index in [2.05, 4.69) is 37.1 Å². The summed E-state index contributed by atoms with van der Waals surface area (Å²) in [5, 5.41) is 9.94. The zero-order valence-electron chi connectivity index (χ0n) is 14.9. The van der Waals surface area contributed by atoms with Gasteiger partial charge in [0.15, 0.2) is 0 Å². The molecular formula is C22H21ClN2O. The first kappa shape index (κ1) is 18.0. The first-order valence-electron chi connectivity index (χ1n) is 8.38. The van der Waals surface area contributed by atoms with Gasteiger partial charge in [-0.3, -0.25) is 0 Å². The van der Waals surface area contributed by atoms with E-state index in [4.69, 9.17) is 16.6 Å². The zero-order valence-corrected chi connectivity index (χ0v) is 15.7. The lowest BCUT2D eigenvalue weighted by molar-refractivity contribution is 0.471. The maximum absolute atomic E-state index is 9.22. The Kier molecular flexibility index (Phi) is 5.29. The highest BCUT2D eigenvalue weighted by Gasteiger charge is 2.11. The molecule has 3 aromatic rings. The minimum Gasteiger partial charge on any atom is -0.515 e. The van der Waals surface area contributed by atoms with Crippen molar-refractivity contribution in [3.8, 4) is 0 Å². The quantitative estimate of drug-likeness (QED) is 0.445. The summed E-state index contributed by atoms with van der Waals surface area (Å²) in [6, 6.07) is 12.1. The van der Waals surface area contributed by atoms with Crippen molar-refractivity contribution >= 4 is 28.7 Å². The predicted octanol–water partition coefficient (Wildman–Crippen LogP) is 6.00.